The molecule has 2 rings (SSSR count). The van der Waals surface area contributed by atoms with Crippen molar-refractivity contribution >= 4 is 30.3 Å². The summed E-state index contributed by atoms with van der Waals surface area (Å²) in [5.41, 5.74) is 2.81. The van der Waals surface area contributed by atoms with Crippen LogP contribution in [0.3, 0.4) is 0 Å². The number of benzene rings is 2. The van der Waals surface area contributed by atoms with E-state index in [-0.39, 0.29) is 37.6 Å². The Bertz CT molecular complexity index is 1090. The minimum absolute atomic E-state index is 0.0493. The summed E-state index contributed by atoms with van der Waals surface area (Å²) in [6.07, 6.45) is 4.51. The Labute approximate surface area is 209 Å². The second-order valence-corrected chi connectivity index (χ2v) is 7.25. The standard InChI is InChI=1S/C26H28N2O8/c1-4-24(29)33-14-15-34-25(30)6-5-13-35-36-23-12-11-21(16-22(23)26(31)32-3)18-28-27-17-20-9-7-19(2)8-10-20/h4,7-12,16-18H,1,5-6,13-15H2,2-3H3/b27-17+,28-18+. The summed E-state index contributed by atoms with van der Waals surface area (Å²) in [6, 6.07) is 12.6. The Kier molecular flexibility index (Phi) is 12.1. The van der Waals surface area contributed by atoms with Crippen molar-refractivity contribution in [2.24, 2.45) is 10.2 Å². The second kappa shape index (κ2) is 15.6. The van der Waals surface area contributed by atoms with Gasteiger partial charge in [-0.05, 0) is 42.7 Å². The molecule has 0 unspecified atom stereocenters. The maximum absolute atomic E-state index is 12.2. The van der Waals surface area contributed by atoms with Crippen LogP contribution in [0.4, 0.5) is 0 Å². The highest BCUT2D eigenvalue weighted by Gasteiger charge is 2.15. The van der Waals surface area contributed by atoms with E-state index in [0.717, 1.165) is 17.2 Å². The van der Waals surface area contributed by atoms with Crippen molar-refractivity contribution in [1.29, 1.82) is 0 Å². The Morgan fingerprint density at radius 2 is 1.58 bits per heavy atom. The minimum atomic E-state index is -0.618. The largest absolute Gasteiger partial charge is 0.465 e. The maximum Gasteiger partial charge on any atom is 0.341 e. The van der Waals surface area contributed by atoms with E-state index >= 15 is 0 Å². The van der Waals surface area contributed by atoms with Gasteiger partial charge < -0.3 is 19.1 Å². The van der Waals surface area contributed by atoms with Gasteiger partial charge in [-0.3, -0.25) is 4.79 Å². The molecule has 10 nitrogen and oxygen atoms in total. The predicted molar refractivity (Wildman–Crippen MR) is 132 cm³/mol. The van der Waals surface area contributed by atoms with E-state index in [9.17, 15) is 14.4 Å². The summed E-state index contributed by atoms with van der Waals surface area (Å²) < 4.78 is 14.4. The molecule has 0 saturated carbocycles. The van der Waals surface area contributed by atoms with Crippen LogP contribution in [0.25, 0.3) is 0 Å². The molecule has 190 valence electrons. The lowest BCUT2D eigenvalue weighted by Crippen LogP contribution is -2.13. The first-order chi connectivity index (χ1) is 17.4. The third-order valence-corrected chi connectivity index (χ3v) is 4.48. The Morgan fingerprint density at radius 1 is 0.917 bits per heavy atom. The summed E-state index contributed by atoms with van der Waals surface area (Å²) in [7, 11) is 1.25. The first-order valence-electron chi connectivity index (χ1n) is 11.0. The molecule has 0 atom stereocenters. The second-order valence-electron chi connectivity index (χ2n) is 7.25. The summed E-state index contributed by atoms with van der Waals surface area (Å²) in [5, 5.41) is 8.02. The molecule has 0 aliphatic rings. The van der Waals surface area contributed by atoms with Gasteiger partial charge in [-0.25, -0.2) is 9.59 Å². The van der Waals surface area contributed by atoms with Gasteiger partial charge in [-0.1, -0.05) is 36.4 Å². The van der Waals surface area contributed by atoms with Crippen LogP contribution >= 0.6 is 0 Å². The van der Waals surface area contributed by atoms with Gasteiger partial charge >= 0.3 is 17.9 Å². The lowest BCUT2D eigenvalue weighted by Gasteiger charge is -2.09. The highest BCUT2D eigenvalue weighted by molar-refractivity contribution is 5.95. The molecular formula is C26H28N2O8. The van der Waals surface area contributed by atoms with Crippen LogP contribution in [0.5, 0.6) is 5.75 Å². The van der Waals surface area contributed by atoms with E-state index < -0.39 is 17.9 Å². The van der Waals surface area contributed by atoms with Gasteiger partial charge in [0.15, 0.2) is 5.75 Å². The molecule has 0 amide bonds. The first-order valence-corrected chi connectivity index (χ1v) is 11.0. The maximum atomic E-state index is 12.2. The van der Waals surface area contributed by atoms with E-state index in [1.807, 2.05) is 31.2 Å². The highest BCUT2D eigenvalue weighted by atomic mass is 17.2. The van der Waals surface area contributed by atoms with E-state index in [0.29, 0.717) is 12.0 Å². The predicted octanol–water partition coefficient (Wildman–Crippen LogP) is 3.60. The third kappa shape index (κ3) is 10.3. The van der Waals surface area contributed by atoms with Crippen molar-refractivity contribution in [3.05, 3.63) is 77.4 Å². The number of hydrogen-bond donors (Lipinski definition) is 0. The van der Waals surface area contributed by atoms with E-state index in [2.05, 4.69) is 16.8 Å². The average Bonchev–Trinajstić information content (AvgIpc) is 2.89. The summed E-state index contributed by atoms with van der Waals surface area (Å²) >= 11 is 0. The fourth-order valence-corrected chi connectivity index (χ4v) is 2.63. The summed E-state index contributed by atoms with van der Waals surface area (Å²) in [5.74, 6) is -1.53. The van der Waals surface area contributed by atoms with Gasteiger partial charge in [-0.15, -0.1) is 0 Å². The molecule has 0 bridgehead atoms. The van der Waals surface area contributed by atoms with Gasteiger partial charge in [0.2, 0.25) is 0 Å². The van der Waals surface area contributed by atoms with Gasteiger partial charge in [-0.2, -0.15) is 15.1 Å². The van der Waals surface area contributed by atoms with Crippen LogP contribution in [0.15, 0.2) is 65.3 Å². The molecule has 0 N–H and O–H groups in total. The number of carbonyl (C=O) groups excluding carboxylic acids is 3. The zero-order valence-corrected chi connectivity index (χ0v) is 20.2. The molecule has 0 heterocycles. The molecular weight excluding hydrogens is 468 g/mol. The molecule has 2 aromatic rings. The topological polar surface area (TPSA) is 122 Å². The monoisotopic (exact) mass is 496 g/mol. The summed E-state index contributed by atoms with van der Waals surface area (Å²) in [6.45, 7) is 5.23. The lowest BCUT2D eigenvalue weighted by molar-refractivity contribution is -0.208. The zero-order chi connectivity index (χ0) is 26.2. The molecule has 0 radical (unpaired) electrons. The molecule has 0 spiro atoms. The van der Waals surface area contributed by atoms with Crippen LogP contribution in [0.2, 0.25) is 0 Å². The molecule has 0 aromatic heterocycles. The van der Waals surface area contributed by atoms with Gasteiger partial charge in [0, 0.05) is 12.5 Å². The average molecular weight is 497 g/mol. The quantitative estimate of drug-likeness (QED) is 0.0740. The third-order valence-electron chi connectivity index (χ3n) is 4.48. The lowest BCUT2D eigenvalue weighted by atomic mass is 10.1. The SMILES string of the molecule is C=CC(=O)OCCOC(=O)CCCOOc1ccc(/C=N/N=C/c2ccc(C)cc2)cc1C(=O)OC. The van der Waals surface area contributed by atoms with Crippen LogP contribution in [-0.4, -0.2) is 57.3 Å². The van der Waals surface area contributed by atoms with Crippen LogP contribution in [0, 0.1) is 6.92 Å². The number of esters is 3. The summed E-state index contributed by atoms with van der Waals surface area (Å²) in [4.78, 5) is 45.1. The van der Waals surface area contributed by atoms with Gasteiger partial charge in [0.05, 0.1) is 26.1 Å². The zero-order valence-electron chi connectivity index (χ0n) is 20.2. The number of carbonyl (C=O) groups is 3. The van der Waals surface area contributed by atoms with Crippen LogP contribution in [0.1, 0.15) is 39.9 Å². The van der Waals surface area contributed by atoms with Crippen LogP contribution < -0.4 is 4.89 Å². The number of hydrogen-bond acceptors (Lipinski definition) is 10. The van der Waals surface area contributed by atoms with Crippen molar-refractivity contribution in [2.75, 3.05) is 26.9 Å². The van der Waals surface area contributed by atoms with E-state index in [4.69, 9.17) is 24.0 Å². The first kappa shape index (κ1) is 27.9. The Morgan fingerprint density at radius 3 is 2.28 bits per heavy atom. The van der Waals surface area contributed by atoms with Crippen LogP contribution in [-0.2, 0) is 28.7 Å². The molecule has 10 heteroatoms. The van der Waals surface area contributed by atoms with Gasteiger partial charge in [0.1, 0.15) is 18.8 Å². The Hall–Kier alpha value is -4.31. The number of nitrogens with zero attached hydrogens (tertiary/aromatic N) is 2. The molecule has 0 aliphatic heterocycles. The molecule has 0 saturated heterocycles. The van der Waals surface area contributed by atoms with Crippen molar-refractivity contribution in [1.82, 2.24) is 0 Å². The van der Waals surface area contributed by atoms with E-state index in [1.165, 1.54) is 25.5 Å². The fraction of sp³-hybridized carbons (Fsp3) is 0.269. The number of aryl methyl sites for hydroxylation is 1. The number of ether oxygens (including phenoxy) is 3. The fourth-order valence-electron chi connectivity index (χ4n) is 2.63. The van der Waals surface area contributed by atoms with E-state index in [1.54, 1.807) is 12.3 Å². The van der Waals surface area contributed by atoms with Crippen molar-refractivity contribution in [3.63, 3.8) is 0 Å². The molecule has 2 aromatic carbocycles. The number of rotatable bonds is 14. The molecule has 0 fully saturated rings. The number of methoxy groups -OCH3 is 1. The minimum Gasteiger partial charge on any atom is -0.465 e. The molecule has 36 heavy (non-hydrogen) atoms. The molecule has 0 aliphatic carbocycles. The normalized spacial score (nSPS) is 10.8. The van der Waals surface area contributed by atoms with Crippen molar-refractivity contribution < 1.29 is 38.4 Å². The van der Waals surface area contributed by atoms with Crippen molar-refractivity contribution in [3.8, 4) is 5.75 Å². The smallest absolute Gasteiger partial charge is 0.341 e. The highest BCUT2D eigenvalue weighted by Crippen LogP contribution is 2.21. The van der Waals surface area contributed by atoms with Crippen molar-refractivity contribution in [2.45, 2.75) is 19.8 Å². The van der Waals surface area contributed by atoms with Gasteiger partial charge in [0.25, 0.3) is 0 Å². The Balaban J connectivity index is 1.81.